The molecule has 0 aliphatic heterocycles. The average molecular weight is 347 g/mol. The number of rotatable bonds is 7. The van der Waals surface area contributed by atoms with Crippen molar-refractivity contribution in [2.75, 3.05) is 13.7 Å². The van der Waals surface area contributed by atoms with Crippen molar-refractivity contribution in [1.82, 2.24) is 15.6 Å². The molecule has 0 bridgehead atoms. The molecule has 0 aromatic carbocycles. The first-order chi connectivity index (χ1) is 11.6. The number of hydrogen-bond donors (Lipinski definition) is 2. The van der Waals surface area contributed by atoms with Gasteiger partial charge in [-0.1, -0.05) is 0 Å². The van der Waals surface area contributed by atoms with Gasteiger partial charge in [0, 0.05) is 41.0 Å². The van der Waals surface area contributed by atoms with Gasteiger partial charge in [0.05, 0.1) is 13.7 Å². The van der Waals surface area contributed by atoms with Crippen molar-refractivity contribution in [3.8, 4) is 5.88 Å². The molecule has 0 radical (unpaired) electrons. The van der Waals surface area contributed by atoms with Crippen molar-refractivity contribution >= 4 is 17.3 Å². The SMILES string of the molecule is CCNC(=NCc1ccnc(OC)c1)NC(C)Cc1ccc(C)s1. The summed E-state index contributed by atoms with van der Waals surface area (Å²) in [5, 5.41) is 6.77. The first-order valence-corrected chi connectivity index (χ1v) is 9.01. The lowest BCUT2D eigenvalue weighted by Gasteiger charge is -2.17. The van der Waals surface area contributed by atoms with Gasteiger partial charge < -0.3 is 15.4 Å². The fourth-order valence-corrected chi connectivity index (χ4v) is 3.35. The van der Waals surface area contributed by atoms with Crippen molar-refractivity contribution in [1.29, 1.82) is 0 Å². The highest BCUT2D eigenvalue weighted by atomic mass is 32.1. The Morgan fingerprint density at radius 1 is 1.38 bits per heavy atom. The molecule has 2 aromatic rings. The minimum Gasteiger partial charge on any atom is -0.481 e. The van der Waals surface area contributed by atoms with Gasteiger partial charge in [-0.05, 0) is 44.5 Å². The summed E-state index contributed by atoms with van der Waals surface area (Å²) in [5.74, 6) is 1.44. The number of nitrogens with one attached hydrogen (secondary N) is 2. The maximum absolute atomic E-state index is 5.15. The smallest absolute Gasteiger partial charge is 0.213 e. The van der Waals surface area contributed by atoms with Crippen molar-refractivity contribution in [3.63, 3.8) is 0 Å². The second-order valence-corrected chi connectivity index (χ2v) is 7.04. The lowest BCUT2D eigenvalue weighted by atomic mass is 10.2. The van der Waals surface area contributed by atoms with Gasteiger partial charge in [-0.2, -0.15) is 0 Å². The van der Waals surface area contributed by atoms with Crippen molar-refractivity contribution in [3.05, 3.63) is 45.8 Å². The quantitative estimate of drug-likeness (QED) is 0.597. The number of methoxy groups -OCH3 is 1. The predicted octanol–water partition coefficient (Wildman–Crippen LogP) is 3.15. The topological polar surface area (TPSA) is 58.5 Å². The molecule has 0 aliphatic carbocycles. The summed E-state index contributed by atoms with van der Waals surface area (Å²) in [6, 6.07) is 8.54. The summed E-state index contributed by atoms with van der Waals surface area (Å²) in [4.78, 5) is 11.5. The van der Waals surface area contributed by atoms with E-state index in [-0.39, 0.29) is 0 Å². The minimum atomic E-state index is 0.313. The highest BCUT2D eigenvalue weighted by Crippen LogP contribution is 2.16. The van der Waals surface area contributed by atoms with Gasteiger partial charge in [-0.15, -0.1) is 11.3 Å². The van der Waals surface area contributed by atoms with Crippen LogP contribution in [0.3, 0.4) is 0 Å². The second-order valence-electron chi connectivity index (χ2n) is 5.66. The second kappa shape index (κ2) is 9.27. The summed E-state index contributed by atoms with van der Waals surface area (Å²) < 4.78 is 5.15. The first-order valence-electron chi connectivity index (χ1n) is 8.19. The fourth-order valence-electron chi connectivity index (χ4n) is 2.33. The largest absolute Gasteiger partial charge is 0.481 e. The van der Waals surface area contributed by atoms with E-state index in [1.54, 1.807) is 13.3 Å². The van der Waals surface area contributed by atoms with E-state index in [4.69, 9.17) is 4.74 Å². The van der Waals surface area contributed by atoms with E-state index < -0.39 is 0 Å². The molecule has 0 saturated carbocycles. The molecule has 5 nitrogen and oxygen atoms in total. The van der Waals surface area contributed by atoms with E-state index in [1.165, 1.54) is 9.75 Å². The minimum absolute atomic E-state index is 0.313. The number of ether oxygens (including phenoxy) is 1. The van der Waals surface area contributed by atoms with Crippen LogP contribution >= 0.6 is 11.3 Å². The van der Waals surface area contributed by atoms with Gasteiger partial charge in [0.25, 0.3) is 0 Å². The molecule has 2 N–H and O–H groups in total. The molecule has 0 amide bonds. The Labute approximate surface area is 148 Å². The van der Waals surface area contributed by atoms with Crippen LogP contribution < -0.4 is 15.4 Å². The van der Waals surface area contributed by atoms with Crippen LogP contribution in [-0.4, -0.2) is 30.6 Å². The molecule has 130 valence electrons. The summed E-state index contributed by atoms with van der Waals surface area (Å²) in [7, 11) is 1.62. The molecule has 0 saturated heterocycles. The Hall–Kier alpha value is -2.08. The zero-order valence-corrected chi connectivity index (χ0v) is 15.6. The van der Waals surface area contributed by atoms with Crippen LogP contribution in [0.15, 0.2) is 35.5 Å². The highest BCUT2D eigenvalue weighted by Gasteiger charge is 2.08. The average Bonchev–Trinajstić information content (AvgIpc) is 2.97. The van der Waals surface area contributed by atoms with E-state index >= 15 is 0 Å². The number of aliphatic imine (C=N–C) groups is 1. The molecule has 1 atom stereocenters. The number of guanidine groups is 1. The zero-order chi connectivity index (χ0) is 17.4. The van der Waals surface area contributed by atoms with E-state index in [1.807, 2.05) is 23.5 Å². The molecule has 6 heteroatoms. The maximum Gasteiger partial charge on any atom is 0.213 e. The summed E-state index contributed by atoms with van der Waals surface area (Å²) >= 11 is 1.85. The van der Waals surface area contributed by atoms with E-state index in [2.05, 4.69) is 53.5 Å². The Bertz CT molecular complexity index is 669. The molecule has 24 heavy (non-hydrogen) atoms. The Morgan fingerprint density at radius 2 is 2.21 bits per heavy atom. The number of nitrogens with zero attached hydrogens (tertiary/aromatic N) is 2. The van der Waals surface area contributed by atoms with Crippen LogP contribution in [0.4, 0.5) is 0 Å². The monoisotopic (exact) mass is 346 g/mol. The lowest BCUT2D eigenvalue weighted by molar-refractivity contribution is 0.397. The molecular formula is C18H26N4OS. The van der Waals surface area contributed by atoms with Crippen molar-refractivity contribution < 1.29 is 4.74 Å². The molecule has 0 aliphatic rings. The number of aromatic nitrogens is 1. The van der Waals surface area contributed by atoms with Crippen LogP contribution in [0.2, 0.25) is 0 Å². The van der Waals surface area contributed by atoms with E-state index in [9.17, 15) is 0 Å². The molecular weight excluding hydrogens is 320 g/mol. The normalized spacial score (nSPS) is 12.8. The van der Waals surface area contributed by atoms with Crippen LogP contribution in [0.25, 0.3) is 0 Å². The molecule has 0 fully saturated rings. The first kappa shape index (κ1) is 18.3. The van der Waals surface area contributed by atoms with Crippen molar-refractivity contribution in [2.24, 2.45) is 4.99 Å². The standard InChI is InChI=1S/C18H26N4OS/c1-5-19-18(21-12-15-8-9-20-17(11-15)23-4)22-13(2)10-16-7-6-14(3)24-16/h6-9,11,13H,5,10,12H2,1-4H3,(H2,19,21,22). The molecule has 1 unspecified atom stereocenters. The molecule has 2 heterocycles. The van der Waals surface area contributed by atoms with Gasteiger partial charge in [0.1, 0.15) is 0 Å². The number of aryl methyl sites for hydroxylation is 1. The Morgan fingerprint density at radius 3 is 2.88 bits per heavy atom. The van der Waals surface area contributed by atoms with Crippen molar-refractivity contribution in [2.45, 2.75) is 39.8 Å². The molecule has 2 aromatic heterocycles. The lowest BCUT2D eigenvalue weighted by Crippen LogP contribution is -2.43. The number of thiophene rings is 1. The van der Waals surface area contributed by atoms with Crippen LogP contribution in [-0.2, 0) is 13.0 Å². The van der Waals surface area contributed by atoms with Gasteiger partial charge in [0.2, 0.25) is 5.88 Å². The van der Waals surface area contributed by atoms with Gasteiger partial charge in [-0.25, -0.2) is 9.98 Å². The third kappa shape index (κ3) is 5.85. The highest BCUT2D eigenvalue weighted by molar-refractivity contribution is 7.11. The predicted molar refractivity (Wildman–Crippen MR) is 101 cm³/mol. The Kier molecular flexibility index (Phi) is 7.06. The van der Waals surface area contributed by atoms with Gasteiger partial charge in [0.15, 0.2) is 5.96 Å². The number of hydrogen-bond acceptors (Lipinski definition) is 4. The summed E-state index contributed by atoms with van der Waals surface area (Å²) in [6.07, 6.45) is 2.73. The van der Waals surface area contributed by atoms with Crippen LogP contribution in [0.1, 0.15) is 29.2 Å². The van der Waals surface area contributed by atoms with Crippen LogP contribution in [0.5, 0.6) is 5.88 Å². The summed E-state index contributed by atoms with van der Waals surface area (Å²) in [5.41, 5.74) is 1.07. The Balaban J connectivity index is 1.96. The van der Waals surface area contributed by atoms with Gasteiger partial charge >= 0.3 is 0 Å². The third-order valence-corrected chi connectivity index (χ3v) is 4.48. The van der Waals surface area contributed by atoms with Gasteiger partial charge in [-0.3, -0.25) is 0 Å². The zero-order valence-electron chi connectivity index (χ0n) is 14.8. The third-order valence-electron chi connectivity index (χ3n) is 3.46. The van der Waals surface area contributed by atoms with E-state index in [0.717, 1.165) is 24.5 Å². The van der Waals surface area contributed by atoms with Crippen LogP contribution in [0, 0.1) is 6.92 Å². The number of pyridine rings is 1. The fraction of sp³-hybridized carbons (Fsp3) is 0.444. The maximum atomic E-state index is 5.15. The molecule has 2 rings (SSSR count). The summed E-state index contributed by atoms with van der Waals surface area (Å²) in [6.45, 7) is 7.80. The molecule has 0 spiro atoms. The van der Waals surface area contributed by atoms with E-state index in [0.29, 0.717) is 18.5 Å².